The van der Waals surface area contributed by atoms with Gasteiger partial charge in [-0.05, 0) is 92.6 Å². The maximum absolute atomic E-state index is 10.8. The summed E-state index contributed by atoms with van der Waals surface area (Å²) in [6.45, 7) is 6.24. The van der Waals surface area contributed by atoms with Gasteiger partial charge in [-0.1, -0.05) is 35.3 Å². The van der Waals surface area contributed by atoms with Crippen molar-refractivity contribution in [2.45, 2.75) is 32.9 Å². The second-order valence-corrected chi connectivity index (χ2v) is 9.98. The Morgan fingerprint density at radius 3 is 2.37 bits per heavy atom. The highest BCUT2D eigenvalue weighted by Gasteiger charge is 2.43. The Morgan fingerprint density at radius 1 is 0.943 bits per heavy atom. The highest BCUT2D eigenvalue weighted by Crippen LogP contribution is 2.46. The fraction of sp³-hybridized carbons (Fsp3) is 0.185. The number of halogens is 2. The molecule has 1 aliphatic heterocycles. The van der Waals surface area contributed by atoms with E-state index < -0.39 is 0 Å². The summed E-state index contributed by atoms with van der Waals surface area (Å²) in [5, 5.41) is 15.9. The Balaban J connectivity index is 1.73. The van der Waals surface area contributed by atoms with Crippen molar-refractivity contribution >= 4 is 46.2 Å². The van der Waals surface area contributed by atoms with Crippen LogP contribution < -0.4 is 10.2 Å². The fourth-order valence-electron chi connectivity index (χ4n) is 4.90. The third-order valence-electron chi connectivity index (χ3n) is 6.50. The van der Waals surface area contributed by atoms with Crippen molar-refractivity contribution in [2.75, 3.05) is 4.90 Å². The van der Waals surface area contributed by atoms with Crippen LogP contribution >= 0.6 is 35.4 Å². The van der Waals surface area contributed by atoms with E-state index in [0.29, 0.717) is 20.8 Å². The summed E-state index contributed by atoms with van der Waals surface area (Å²) in [5.74, 6) is 0.102. The van der Waals surface area contributed by atoms with Gasteiger partial charge in [0.05, 0.1) is 23.5 Å². The maximum atomic E-state index is 10.8. The van der Waals surface area contributed by atoms with Gasteiger partial charge < -0.3 is 19.9 Å². The molecule has 4 aromatic rings. The van der Waals surface area contributed by atoms with E-state index in [1.54, 1.807) is 24.4 Å². The molecule has 0 amide bonds. The Hall–Kier alpha value is -3.06. The lowest BCUT2D eigenvalue weighted by atomic mass is 9.96. The molecule has 2 N–H and O–H groups in total. The number of thiocarbonyl (C=S) groups is 1. The van der Waals surface area contributed by atoms with Gasteiger partial charge in [-0.15, -0.1) is 0 Å². The zero-order valence-corrected chi connectivity index (χ0v) is 21.8. The number of aryl methyl sites for hydroxylation is 2. The van der Waals surface area contributed by atoms with Crippen molar-refractivity contribution in [3.63, 3.8) is 0 Å². The first-order valence-corrected chi connectivity index (χ1v) is 12.4. The predicted molar refractivity (Wildman–Crippen MR) is 146 cm³/mol. The number of nitrogens with zero attached hydrogens (tertiary/aromatic N) is 3. The minimum Gasteiger partial charge on any atom is -0.506 e. The number of benzene rings is 2. The summed E-state index contributed by atoms with van der Waals surface area (Å²) in [7, 11) is 0. The topological polar surface area (TPSA) is 53.3 Å². The van der Waals surface area contributed by atoms with Gasteiger partial charge in [0.1, 0.15) is 5.75 Å². The maximum Gasteiger partial charge on any atom is 0.174 e. The zero-order valence-electron chi connectivity index (χ0n) is 19.5. The number of nitrogens with one attached hydrogen (secondary N) is 1. The lowest BCUT2D eigenvalue weighted by molar-refractivity contribution is 0.472. The van der Waals surface area contributed by atoms with Crippen molar-refractivity contribution in [3.8, 4) is 11.4 Å². The minimum absolute atomic E-state index is 0.102. The molecule has 2 atom stereocenters. The molecule has 0 radical (unpaired) electrons. The van der Waals surface area contributed by atoms with Crippen LogP contribution in [0.1, 0.15) is 40.3 Å². The first-order valence-electron chi connectivity index (χ1n) is 11.2. The van der Waals surface area contributed by atoms with Gasteiger partial charge >= 0.3 is 0 Å². The second kappa shape index (κ2) is 9.19. The molecule has 35 heavy (non-hydrogen) atoms. The third-order valence-corrected chi connectivity index (χ3v) is 7.28. The van der Waals surface area contributed by atoms with E-state index in [1.807, 2.05) is 41.3 Å². The number of hydrogen-bond donors (Lipinski definition) is 2. The molecule has 1 saturated heterocycles. The van der Waals surface area contributed by atoms with E-state index in [2.05, 4.69) is 41.7 Å². The normalized spacial score (nSPS) is 17.6. The summed E-state index contributed by atoms with van der Waals surface area (Å²) in [5.41, 5.74) is 6.72. The van der Waals surface area contributed by atoms with E-state index in [0.717, 1.165) is 33.9 Å². The smallest absolute Gasteiger partial charge is 0.174 e. The van der Waals surface area contributed by atoms with Crippen LogP contribution in [0.3, 0.4) is 0 Å². The van der Waals surface area contributed by atoms with Crippen LogP contribution in [0.5, 0.6) is 5.75 Å². The van der Waals surface area contributed by atoms with Crippen molar-refractivity contribution in [2.24, 2.45) is 0 Å². The molecule has 5 rings (SSSR count). The van der Waals surface area contributed by atoms with Gasteiger partial charge in [0.25, 0.3) is 0 Å². The number of hydrogen-bond acceptors (Lipinski definition) is 3. The summed E-state index contributed by atoms with van der Waals surface area (Å²) < 4.78 is 2.21. The molecule has 178 valence electrons. The number of pyridine rings is 1. The molecule has 5 nitrogen and oxygen atoms in total. The highest BCUT2D eigenvalue weighted by molar-refractivity contribution is 7.80. The van der Waals surface area contributed by atoms with Gasteiger partial charge in [-0.2, -0.15) is 0 Å². The van der Waals surface area contributed by atoms with Crippen molar-refractivity contribution in [3.05, 3.63) is 105 Å². The Morgan fingerprint density at radius 2 is 1.66 bits per heavy atom. The summed E-state index contributed by atoms with van der Waals surface area (Å²) in [6.07, 6.45) is 1.77. The van der Waals surface area contributed by atoms with E-state index in [-0.39, 0.29) is 17.8 Å². The van der Waals surface area contributed by atoms with Crippen LogP contribution in [-0.4, -0.2) is 19.8 Å². The summed E-state index contributed by atoms with van der Waals surface area (Å²) in [4.78, 5) is 6.56. The van der Waals surface area contributed by atoms with Gasteiger partial charge in [0.2, 0.25) is 0 Å². The summed E-state index contributed by atoms with van der Waals surface area (Å²) in [6, 6.07) is 18.4. The number of aromatic nitrogens is 2. The molecular formula is C27H24Cl2N4OS. The fourth-order valence-corrected chi connectivity index (χ4v) is 5.57. The molecule has 0 bridgehead atoms. The Kier molecular flexibility index (Phi) is 6.21. The average Bonchev–Trinajstić information content (AvgIpc) is 3.33. The van der Waals surface area contributed by atoms with Crippen LogP contribution in [-0.2, 0) is 0 Å². The van der Waals surface area contributed by atoms with Crippen molar-refractivity contribution < 1.29 is 5.11 Å². The molecule has 8 heteroatoms. The number of phenols is 1. The molecule has 0 aliphatic carbocycles. The number of rotatable bonds is 4. The SMILES string of the molecule is Cc1ccc(Cl)cc1-n1c(C)cc([C@@H]2[C@@H](c3ccccn3)NC(=S)N2c2cc(Cl)ccc2O)c1C. The average molecular weight is 523 g/mol. The number of phenolic OH excluding ortho intramolecular Hbond substituents is 1. The van der Waals surface area contributed by atoms with E-state index in [4.69, 9.17) is 35.4 Å². The summed E-state index contributed by atoms with van der Waals surface area (Å²) >= 11 is 18.5. The molecule has 1 fully saturated rings. The van der Waals surface area contributed by atoms with Crippen LogP contribution in [0, 0.1) is 20.8 Å². The molecule has 2 aromatic carbocycles. The molecule has 0 unspecified atom stereocenters. The van der Waals surface area contributed by atoms with E-state index in [1.165, 1.54) is 0 Å². The van der Waals surface area contributed by atoms with Gasteiger partial charge in [-0.25, -0.2) is 0 Å². The lowest BCUT2D eigenvalue weighted by Gasteiger charge is -2.29. The van der Waals surface area contributed by atoms with Crippen LogP contribution in [0.2, 0.25) is 10.0 Å². The van der Waals surface area contributed by atoms with Crippen molar-refractivity contribution in [1.82, 2.24) is 14.9 Å². The standard InChI is InChI=1S/C27H24Cl2N4OS/c1-15-7-8-18(28)13-22(15)32-16(2)12-20(17(32)3)26-25(21-6-4-5-11-30-21)31-27(35)33(26)23-14-19(29)9-10-24(23)34/h4-14,25-26,34H,1-3H3,(H,31,35)/t25-,26-/m1/s1. The highest BCUT2D eigenvalue weighted by atomic mass is 35.5. The minimum atomic E-state index is -0.277. The first kappa shape index (κ1) is 23.7. The molecule has 2 aromatic heterocycles. The zero-order chi connectivity index (χ0) is 24.9. The molecule has 0 saturated carbocycles. The van der Waals surface area contributed by atoms with Gasteiger partial charge in [-0.3, -0.25) is 4.98 Å². The van der Waals surface area contributed by atoms with Crippen LogP contribution in [0.4, 0.5) is 5.69 Å². The predicted octanol–water partition coefficient (Wildman–Crippen LogP) is 6.99. The van der Waals surface area contributed by atoms with E-state index >= 15 is 0 Å². The quantitative estimate of drug-likeness (QED) is 0.283. The largest absolute Gasteiger partial charge is 0.506 e. The van der Waals surface area contributed by atoms with Crippen LogP contribution in [0.15, 0.2) is 66.9 Å². The number of aromatic hydroxyl groups is 1. The molecule has 3 heterocycles. The molecule has 0 spiro atoms. The van der Waals surface area contributed by atoms with E-state index in [9.17, 15) is 5.11 Å². The van der Waals surface area contributed by atoms with Gasteiger partial charge in [0, 0.05) is 33.3 Å². The lowest BCUT2D eigenvalue weighted by Crippen LogP contribution is -2.29. The monoisotopic (exact) mass is 522 g/mol. The second-order valence-electron chi connectivity index (χ2n) is 8.72. The Labute approximate surface area is 219 Å². The molecule has 1 aliphatic rings. The van der Waals surface area contributed by atoms with Crippen molar-refractivity contribution in [1.29, 1.82) is 0 Å². The first-order chi connectivity index (χ1) is 16.8. The number of anilines is 1. The van der Waals surface area contributed by atoms with Gasteiger partial charge in [0.15, 0.2) is 5.11 Å². The van der Waals surface area contributed by atoms with Crippen LogP contribution in [0.25, 0.3) is 5.69 Å². The third kappa shape index (κ3) is 4.16. The Bertz CT molecular complexity index is 1440. The molecular weight excluding hydrogens is 499 g/mol.